The number of benzene rings is 1. The Morgan fingerprint density at radius 1 is 1.24 bits per heavy atom. The third kappa shape index (κ3) is 2.83. The van der Waals surface area contributed by atoms with Crippen molar-refractivity contribution in [3.8, 4) is 0 Å². The lowest BCUT2D eigenvalue weighted by Crippen LogP contribution is -2.05. The molecule has 5 heteroatoms. The molecule has 0 bridgehead atoms. The molecular weight excluding hydrogens is 280 g/mol. The van der Waals surface area contributed by atoms with Gasteiger partial charge < -0.3 is 11.1 Å². The fourth-order valence-electron chi connectivity index (χ4n) is 2.28. The molecule has 0 spiro atoms. The van der Waals surface area contributed by atoms with Crippen LogP contribution in [0.25, 0.3) is 10.2 Å². The van der Waals surface area contributed by atoms with E-state index in [-0.39, 0.29) is 0 Å². The Kier molecular flexibility index (Phi) is 3.75. The van der Waals surface area contributed by atoms with Gasteiger partial charge in [-0.3, -0.25) is 0 Å². The molecule has 2 aromatic heterocycles. The van der Waals surface area contributed by atoms with E-state index in [2.05, 4.69) is 47.3 Å². The molecule has 0 unspecified atom stereocenters. The van der Waals surface area contributed by atoms with Crippen LogP contribution in [0.15, 0.2) is 30.3 Å². The van der Waals surface area contributed by atoms with Gasteiger partial charge in [0.15, 0.2) is 0 Å². The highest BCUT2D eigenvalue weighted by Gasteiger charge is 2.10. The predicted octanol–water partition coefficient (Wildman–Crippen LogP) is 3.76. The number of nitrogens with one attached hydrogen (secondary N) is 1. The molecular formula is C16H18N4S. The van der Waals surface area contributed by atoms with Gasteiger partial charge in [-0.2, -0.15) is 4.98 Å². The van der Waals surface area contributed by atoms with Gasteiger partial charge in [0.1, 0.15) is 10.6 Å². The third-order valence-corrected chi connectivity index (χ3v) is 4.69. The summed E-state index contributed by atoms with van der Waals surface area (Å²) in [7, 11) is 0. The standard InChI is InChI=1S/C16H18N4S/c1-3-12-8-13-14(19-16(17)20-15(13)21-12)18-9-11-7-5-4-6-10(11)2/h4-8H,3,9H2,1-2H3,(H3,17,18,19,20). The zero-order valence-electron chi connectivity index (χ0n) is 12.2. The van der Waals surface area contributed by atoms with Crippen molar-refractivity contribution < 1.29 is 0 Å². The van der Waals surface area contributed by atoms with E-state index in [0.29, 0.717) is 5.95 Å². The Labute approximate surface area is 128 Å². The Morgan fingerprint density at radius 3 is 2.81 bits per heavy atom. The molecule has 3 N–H and O–H groups in total. The van der Waals surface area contributed by atoms with Gasteiger partial charge in [0.2, 0.25) is 5.95 Å². The van der Waals surface area contributed by atoms with E-state index in [1.54, 1.807) is 11.3 Å². The highest BCUT2D eigenvalue weighted by atomic mass is 32.1. The Balaban J connectivity index is 1.93. The second-order valence-corrected chi connectivity index (χ2v) is 6.11. The Hall–Kier alpha value is -2.14. The van der Waals surface area contributed by atoms with Gasteiger partial charge in [0, 0.05) is 11.4 Å². The summed E-state index contributed by atoms with van der Waals surface area (Å²) in [6, 6.07) is 10.5. The maximum Gasteiger partial charge on any atom is 0.223 e. The second-order valence-electron chi connectivity index (χ2n) is 5.00. The van der Waals surface area contributed by atoms with Crippen molar-refractivity contribution in [3.05, 3.63) is 46.3 Å². The Morgan fingerprint density at radius 2 is 2.05 bits per heavy atom. The largest absolute Gasteiger partial charge is 0.368 e. The summed E-state index contributed by atoms with van der Waals surface area (Å²) >= 11 is 1.68. The summed E-state index contributed by atoms with van der Waals surface area (Å²) in [6.45, 7) is 4.98. The van der Waals surface area contributed by atoms with E-state index < -0.39 is 0 Å². The lowest BCUT2D eigenvalue weighted by Gasteiger charge is -2.09. The number of nitrogens with zero attached hydrogens (tertiary/aromatic N) is 2. The number of thiophene rings is 1. The van der Waals surface area contributed by atoms with Crippen LogP contribution in [0.3, 0.4) is 0 Å². The number of rotatable bonds is 4. The van der Waals surface area contributed by atoms with E-state index in [1.807, 2.05) is 12.1 Å². The quantitative estimate of drug-likeness (QED) is 0.770. The lowest BCUT2D eigenvalue weighted by atomic mass is 10.1. The zero-order chi connectivity index (χ0) is 14.8. The van der Waals surface area contributed by atoms with Crippen LogP contribution in [0.5, 0.6) is 0 Å². The van der Waals surface area contributed by atoms with E-state index in [4.69, 9.17) is 5.73 Å². The van der Waals surface area contributed by atoms with Gasteiger partial charge >= 0.3 is 0 Å². The van der Waals surface area contributed by atoms with Gasteiger partial charge in [-0.15, -0.1) is 11.3 Å². The molecule has 0 atom stereocenters. The summed E-state index contributed by atoms with van der Waals surface area (Å²) in [4.78, 5) is 10.9. The molecule has 0 aliphatic rings. The third-order valence-electron chi connectivity index (χ3n) is 3.52. The van der Waals surface area contributed by atoms with Crippen LogP contribution in [-0.2, 0) is 13.0 Å². The van der Waals surface area contributed by atoms with Crippen LogP contribution in [0.2, 0.25) is 0 Å². The monoisotopic (exact) mass is 298 g/mol. The van der Waals surface area contributed by atoms with Crippen molar-refractivity contribution in [1.29, 1.82) is 0 Å². The molecule has 0 amide bonds. The van der Waals surface area contributed by atoms with E-state index in [1.165, 1.54) is 16.0 Å². The molecule has 3 rings (SSSR count). The molecule has 4 nitrogen and oxygen atoms in total. The van der Waals surface area contributed by atoms with E-state index in [9.17, 15) is 0 Å². The van der Waals surface area contributed by atoms with Gasteiger partial charge in [0.05, 0.1) is 5.39 Å². The number of aryl methyl sites for hydroxylation is 2. The molecule has 0 saturated heterocycles. The fourth-order valence-corrected chi connectivity index (χ4v) is 3.26. The number of aromatic nitrogens is 2. The fraction of sp³-hybridized carbons (Fsp3) is 0.250. The van der Waals surface area contributed by atoms with E-state index >= 15 is 0 Å². The average molecular weight is 298 g/mol. The summed E-state index contributed by atoms with van der Waals surface area (Å²) in [5.41, 5.74) is 8.34. The topological polar surface area (TPSA) is 63.8 Å². The van der Waals surface area contributed by atoms with Gasteiger partial charge in [-0.25, -0.2) is 4.98 Å². The summed E-state index contributed by atoms with van der Waals surface area (Å²) in [6.07, 6.45) is 0.998. The molecule has 108 valence electrons. The minimum absolute atomic E-state index is 0.319. The van der Waals surface area contributed by atoms with Crippen LogP contribution >= 0.6 is 11.3 Å². The van der Waals surface area contributed by atoms with Crippen molar-refractivity contribution in [2.24, 2.45) is 0 Å². The number of fused-ring (bicyclic) bond motifs is 1. The number of nitrogen functional groups attached to an aromatic ring is 1. The first-order valence-corrected chi connectivity index (χ1v) is 7.83. The van der Waals surface area contributed by atoms with Crippen LogP contribution in [0, 0.1) is 6.92 Å². The highest BCUT2D eigenvalue weighted by Crippen LogP contribution is 2.30. The van der Waals surface area contributed by atoms with Crippen molar-refractivity contribution in [2.45, 2.75) is 26.8 Å². The highest BCUT2D eigenvalue weighted by molar-refractivity contribution is 7.18. The maximum atomic E-state index is 5.82. The second kappa shape index (κ2) is 5.69. The molecule has 0 saturated carbocycles. The van der Waals surface area contributed by atoms with Crippen molar-refractivity contribution in [3.63, 3.8) is 0 Å². The first-order valence-electron chi connectivity index (χ1n) is 7.01. The average Bonchev–Trinajstić information content (AvgIpc) is 2.89. The van der Waals surface area contributed by atoms with Crippen LogP contribution < -0.4 is 11.1 Å². The number of anilines is 2. The van der Waals surface area contributed by atoms with Gasteiger partial charge in [-0.1, -0.05) is 31.2 Å². The maximum absolute atomic E-state index is 5.82. The minimum atomic E-state index is 0.319. The van der Waals surface area contributed by atoms with Crippen LogP contribution in [0.1, 0.15) is 22.9 Å². The van der Waals surface area contributed by atoms with Crippen LogP contribution in [-0.4, -0.2) is 9.97 Å². The zero-order valence-corrected chi connectivity index (χ0v) is 13.0. The van der Waals surface area contributed by atoms with Crippen molar-refractivity contribution >= 4 is 33.3 Å². The van der Waals surface area contributed by atoms with E-state index in [0.717, 1.165) is 29.0 Å². The summed E-state index contributed by atoms with van der Waals surface area (Å²) in [5.74, 6) is 1.14. The molecule has 21 heavy (non-hydrogen) atoms. The first-order chi connectivity index (χ1) is 10.2. The van der Waals surface area contributed by atoms with Crippen molar-refractivity contribution in [2.75, 3.05) is 11.1 Å². The molecule has 3 aromatic rings. The smallest absolute Gasteiger partial charge is 0.223 e. The van der Waals surface area contributed by atoms with Crippen molar-refractivity contribution in [1.82, 2.24) is 9.97 Å². The number of hydrogen-bond acceptors (Lipinski definition) is 5. The minimum Gasteiger partial charge on any atom is -0.368 e. The predicted molar refractivity (Wildman–Crippen MR) is 89.7 cm³/mol. The lowest BCUT2D eigenvalue weighted by molar-refractivity contribution is 1.09. The normalized spacial score (nSPS) is 11.0. The molecule has 2 heterocycles. The molecule has 1 aromatic carbocycles. The summed E-state index contributed by atoms with van der Waals surface area (Å²) in [5, 5.41) is 4.45. The Bertz CT molecular complexity index is 779. The van der Waals surface area contributed by atoms with Crippen LogP contribution in [0.4, 0.5) is 11.8 Å². The molecule has 0 aliphatic carbocycles. The number of nitrogens with two attached hydrogens (primary N) is 1. The molecule has 0 radical (unpaired) electrons. The molecule has 0 aliphatic heterocycles. The SMILES string of the molecule is CCc1cc2c(NCc3ccccc3C)nc(N)nc2s1. The van der Waals surface area contributed by atoms with Gasteiger partial charge in [-0.05, 0) is 30.5 Å². The first kappa shape index (κ1) is 13.8. The van der Waals surface area contributed by atoms with Gasteiger partial charge in [0.25, 0.3) is 0 Å². The number of hydrogen-bond donors (Lipinski definition) is 2. The summed E-state index contributed by atoms with van der Waals surface area (Å²) < 4.78 is 0. The molecule has 0 fully saturated rings.